The van der Waals surface area contributed by atoms with Crippen LogP contribution in [0.5, 0.6) is 0 Å². The lowest BCUT2D eigenvalue weighted by molar-refractivity contribution is -0.124. The monoisotopic (exact) mass is 334 g/mol. The number of fused-ring (bicyclic) bond motifs is 1. The van der Waals surface area contributed by atoms with Crippen molar-refractivity contribution < 1.29 is 4.79 Å². The molecule has 1 aromatic heterocycles. The van der Waals surface area contributed by atoms with Crippen LogP contribution in [0.3, 0.4) is 0 Å². The Balaban J connectivity index is 1.34. The molecule has 2 aromatic rings. The molecule has 1 aromatic carbocycles. The summed E-state index contributed by atoms with van der Waals surface area (Å²) in [4.78, 5) is 17.4. The maximum absolute atomic E-state index is 12.8. The first-order valence-corrected chi connectivity index (χ1v) is 9.75. The third-order valence-electron chi connectivity index (χ3n) is 6.89. The standard InChI is InChI=1S/C22H26N2O/c1-14-6-20(23-19-5-3-2-4-18(14)19)24-21(25)13-22-10-15-7-16(11-22)9-17(8-15)12-22/h2-6,15-17H,7-13H2,1H3,(H,23,24,25). The Bertz CT molecular complexity index is 806. The van der Waals surface area contributed by atoms with Gasteiger partial charge in [-0.1, -0.05) is 18.2 Å². The van der Waals surface area contributed by atoms with Crippen LogP contribution in [0, 0.1) is 30.1 Å². The molecule has 0 spiro atoms. The van der Waals surface area contributed by atoms with Crippen LogP contribution in [0.25, 0.3) is 10.9 Å². The van der Waals surface area contributed by atoms with Crippen molar-refractivity contribution in [3.05, 3.63) is 35.9 Å². The van der Waals surface area contributed by atoms with E-state index in [1.54, 1.807) is 0 Å². The summed E-state index contributed by atoms with van der Waals surface area (Å²) in [6, 6.07) is 10.1. The van der Waals surface area contributed by atoms with E-state index in [1.165, 1.54) is 38.5 Å². The van der Waals surface area contributed by atoms with Crippen LogP contribution in [0.15, 0.2) is 30.3 Å². The van der Waals surface area contributed by atoms with Gasteiger partial charge >= 0.3 is 0 Å². The van der Waals surface area contributed by atoms with E-state index in [0.717, 1.165) is 34.2 Å². The van der Waals surface area contributed by atoms with Crippen molar-refractivity contribution >= 4 is 22.6 Å². The molecule has 0 aliphatic heterocycles. The molecule has 4 fully saturated rings. The Morgan fingerprint density at radius 3 is 2.44 bits per heavy atom. The van der Waals surface area contributed by atoms with Crippen LogP contribution in [0.4, 0.5) is 5.82 Å². The number of benzene rings is 1. The summed E-state index contributed by atoms with van der Waals surface area (Å²) in [5, 5.41) is 4.25. The third-order valence-corrected chi connectivity index (χ3v) is 6.89. The number of aromatic nitrogens is 1. The molecule has 1 heterocycles. The number of aryl methyl sites for hydroxylation is 1. The van der Waals surface area contributed by atoms with Crippen LogP contribution >= 0.6 is 0 Å². The summed E-state index contributed by atoms with van der Waals surface area (Å²) >= 11 is 0. The van der Waals surface area contributed by atoms with E-state index in [0.29, 0.717) is 12.2 Å². The molecule has 4 bridgehead atoms. The first-order chi connectivity index (χ1) is 12.1. The number of para-hydroxylation sites is 1. The number of carbonyl (C=O) groups excluding carboxylic acids is 1. The van der Waals surface area contributed by atoms with Gasteiger partial charge in [-0.25, -0.2) is 4.98 Å². The zero-order chi connectivity index (χ0) is 17.0. The summed E-state index contributed by atoms with van der Waals surface area (Å²) in [5.74, 6) is 3.52. The first-order valence-electron chi connectivity index (χ1n) is 9.75. The first kappa shape index (κ1) is 15.4. The van der Waals surface area contributed by atoms with Crippen molar-refractivity contribution in [2.75, 3.05) is 5.32 Å². The molecule has 25 heavy (non-hydrogen) atoms. The Labute approximate surface area is 149 Å². The lowest BCUT2D eigenvalue weighted by Crippen LogP contribution is -2.47. The van der Waals surface area contributed by atoms with E-state index in [4.69, 9.17) is 0 Å². The average molecular weight is 334 g/mol. The van der Waals surface area contributed by atoms with E-state index in [-0.39, 0.29) is 11.3 Å². The number of amides is 1. The van der Waals surface area contributed by atoms with Crippen LogP contribution in [-0.2, 0) is 4.79 Å². The Morgan fingerprint density at radius 1 is 1.12 bits per heavy atom. The molecule has 1 N–H and O–H groups in total. The van der Waals surface area contributed by atoms with Crippen molar-refractivity contribution in [2.45, 2.75) is 51.9 Å². The van der Waals surface area contributed by atoms with Gasteiger partial charge < -0.3 is 5.32 Å². The molecule has 4 aliphatic rings. The summed E-state index contributed by atoms with van der Waals surface area (Å²) in [5.41, 5.74) is 2.40. The minimum atomic E-state index is 0.157. The van der Waals surface area contributed by atoms with Gasteiger partial charge in [0.1, 0.15) is 5.82 Å². The minimum absolute atomic E-state index is 0.157. The molecule has 4 saturated carbocycles. The number of hydrogen-bond donors (Lipinski definition) is 1. The second-order valence-corrected chi connectivity index (χ2v) is 8.98. The van der Waals surface area contributed by atoms with Gasteiger partial charge in [-0.2, -0.15) is 0 Å². The lowest BCUT2D eigenvalue weighted by atomic mass is 9.49. The zero-order valence-corrected chi connectivity index (χ0v) is 14.9. The quantitative estimate of drug-likeness (QED) is 0.849. The number of nitrogens with zero attached hydrogens (tertiary/aromatic N) is 1. The van der Waals surface area contributed by atoms with Gasteiger partial charge in [-0.15, -0.1) is 0 Å². The molecule has 6 rings (SSSR count). The molecule has 0 saturated heterocycles. The van der Waals surface area contributed by atoms with Gasteiger partial charge in [0, 0.05) is 11.8 Å². The summed E-state index contributed by atoms with van der Waals surface area (Å²) in [7, 11) is 0. The lowest BCUT2D eigenvalue weighted by Gasteiger charge is -2.56. The zero-order valence-electron chi connectivity index (χ0n) is 14.9. The Hall–Kier alpha value is -1.90. The van der Waals surface area contributed by atoms with E-state index >= 15 is 0 Å². The summed E-state index contributed by atoms with van der Waals surface area (Å²) in [6.07, 6.45) is 8.78. The van der Waals surface area contributed by atoms with Gasteiger partial charge in [-0.05, 0) is 86.3 Å². The number of rotatable bonds is 3. The van der Waals surface area contributed by atoms with E-state index < -0.39 is 0 Å². The fraction of sp³-hybridized carbons (Fsp3) is 0.545. The topological polar surface area (TPSA) is 42.0 Å². The molecule has 1 amide bonds. The molecule has 3 heteroatoms. The highest BCUT2D eigenvalue weighted by molar-refractivity contribution is 5.92. The van der Waals surface area contributed by atoms with Crippen molar-refractivity contribution in [1.82, 2.24) is 4.98 Å². The van der Waals surface area contributed by atoms with Crippen LogP contribution in [0.1, 0.15) is 50.5 Å². The van der Waals surface area contributed by atoms with Crippen molar-refractivity contribution in [2.24, 2.45) is 23.2 Å². The molecule has 4 aliphatic carbocycles. The smallest absolute Gasteiger partial charge is 0.226 e. The van der Waals surface area contributed by atoms with Crippen molar-refractivity contribution in [3.63, 3.8) is 0 Å². The highest BCUT2D eigenvalue weighted by Gasteiger charge is 2.51. The largest absolute Gasteiger partial charge is 0.311 e. The van der Waals surface area contributed by atoms with E-state index in [2.05, 4.69) is 23.3 Å². The summed E-state index contributed by atoms with van der Waals surface area (Å²) < 4.78 is 0. The Kier molecular flexibility index (Phi) is 3.41. The van der Waals surface area contributed by atoms with Gasteiger partial charge in [0.2, 0.25) is 5.91 Å². The number of hydrogen-bond acceptors (Lipinski definition) is 2. The Morgan fingerprint density at radius 2 is 1.76 bits per heavy atom. The molecule has 130 valence electrons. The fourth-order valence-corrected chi connectivity index (χ4v) is 6.45. The van der Waals surface area contributed by atoms with Gasteiger partial charge in [-0.3, -0.25) is 4.79 Å². The molecular formula is C22H26N2O. The highest BCUT2D eigenvalue weighted by Crippen LogP contribution is 2.61. The minimum Gasteiger partial charge on any atom is -0.311 e. The number of nitrogens with one attached hydrogen (secondary N) is 1. The fourth-order valence-electron chi connectivity index (χ4n) is 6.45. The number of pyridine rings is 1. The molecular weight excluding hydrogens is 308 g/mol. The maximum atomic E-state index is 12.8. The normalized spacial score (nSPS) is 32.9. The second kappa shape index (κ2) is 5.55. The van der Waals surface area contributed by atoms with E-state index in [1.807, 2.05) is 24.3 Å². The predicted molar refractivity (Wildman–Crippen MR) is 100 cm³/mol. The number of anilines is 1. The molecule has 0 radical (unpaired) electrons. The third kappa shape index (κ3) is 2.74. The van der Waals surface area contributed by atoms with Crippen LogP contribution < -0.4 is 5.32 Å². The SMILES string of the molecule is Cc1cc(NC(=O)CC23CC4CC(CC(C4)C2)C3)nc2ccccc12. The molecule has 3 nitrogen and oxygen atoms in total. The average Bonchev–Trinajstić information content (AvgIpc) is 2.52. The summed E-state index contributed by atoms with van der Waals surface area (Å²) in [6.45, 7) is 2.08. The maximum Gasteiger partial charge on any atom is 0.226 e. The second-order valence-electron chi connectivity index (χ2n) is 8.98. The van der Waals surface area contributed by atoms with Crippen LogP contribution in [0.2, 0.25) is 0 Å². The van der Waals surface area contributed by atoms with Gasteiger partial charge in [0.15, 0.2) is 0 Å². The number of carbonyl (C=O) groups is 1. The molecule has 0 unspecified atom stereocenters. The van der Waals surface area contributed by atoms with Crippen LogP contribution in [-0.4, -0.2) is 10.9 Å². The van der Waals surface area contributed by atoms with Gasteiger partial charge in [0.05, 0.1) is 5.52 Å². The highest BCUT2D eigenvalue weighted by atomic mass is 16.1. The van der Waals surface area contributed by atoms with Crippen molar-refractivity contribution in [3.8, 4) is 0 Å². The van der Waals surface area contributed by atoms with Gasteiger partial charge in [0.25, 0.3) is 0 Å². The predicted octanol–water partition coefficient (Wildman–Crippen LogP) is 5.09. The van der Waals surface area contributed by atoms with Crippen molar-refractivity contribution in [1.29, 1.82) is 0 Å². The van der Waals surface area contributed by atoms with E-state index in [9.17, 15) is 4.79 Å². The molecule has 0 atom stereocenters.